The van der Waals surface area contributed by atoms with Gasteiger partial charge >= 0.3 is 6.18 Å². The molecule has 0 atom stereocenters. The number of hydrogen-bond acceptors (Lipinski definition) is 4. The standard InChI is InChI=1S/C18H19ClF3N5O/c1-23-14(28)7-13-24-15-11-6-10(8-26(2)3)4-5-12(11)27(9-18(20,21)22)16(15)17(19)25-13/h4-6H,7-9H2,1-3H3,(H,23,28). The second-order valence-electron chi connectivity index (χ2n) is 6.77. The molecule has 0 fully saturated rings. The van der Waals surface area contributed by atoms with Gasteiger partial charge in [0, 0.05) is 19.0 Å². The summed E-state index contributed by atoms with van der Waals surface area (Å²) in [5, 5.41) is 2.89. The van der Waals surface area contributed by atoms with E-state index in [1.165, 1.54) is 7.05 Å². The Hall–Kier alpha value is -2.39. The Kier molecular flexibility index (Phi) is 5.49. The third-order valence-electron chi connectivity index (χ3n) is 4.20. The molecule has 2 aromatic heterocycles. The van der Waals surface area contributed by atoms with Crippen LogP contribution in [0, 0.1) is 0 Å². The molecule has 0 radical (unpaired) electrons. The van der Waals surface area contributed by atoms with Crippen molar-refractivity contribution in [2.75, 3.05) is 21.1 Å². The number of carbonyl (C=O) groups is 1. The van der Waals surface area contributed by atoms with E-state index < -0.39 is 12.7 Å². The lowest BCUT2D eigenvalue weighted by atomic mass is 10.1. The summed E-state index contributed by atoms with van der Waals surface area (Å²) in [6.07, 6.45) is -4.55. The number of fused-ring (bicyclic) bond motifs is 3. The summed E-state index contributed by atoms with van der Waals surface area (Å²) in [7, 11) is 5.28. The minimum absolute atomic E-state index is 0.108. The number of hydrogen-bond donors (Lipinski definition) is 1. The Labute approximate surface area is 164 Å². The molecule has 1 N–H and O–H groups in total. The van der Waals surface area contributed by atoms with Crippen molar-refractivity contribution in [2.24, 2.45) is 0 Å². The maximum absolute atomic E-state index is 13.2. The molecule has 0 aliphatic carbocycles. The number of halogens is 4. The van der Waals surface area contributed by atoms with Gasteiger partial charge in [-0.05, 0) is 31.8 Å². The Morgan fingerprint density at radius 2 is 2.00 bits per heavy atom. The fourth-order valence-corrected chi connectivity index (χ4v) is 3.43. The molecule has 0 bridgehead atoms. The van der Waals surface area contributed by atoms with Gasteiger partial charge in [0.05, 0.1) is 11.9 Å². The molecule has 0 aliphatic rings. The van der Waals surface area contributed by atoms with E-state index in [0.717, 1.165) is 10.1 Å². The van der Waals surface area contributed by atoms with Gasteiger partial charge in [-0.2, -0.15) is 13.2 Å². The first kappa shape index (κ1) is 20.3. The van der Waals surface area contributed by atoms with Gasteiger partial charge in [0.15, 0.2) is 5.15 Å². The van der Waals surface area contributed by atoms with Gasteiger partial charge < -0.3 is 14.8 Å². The van der Waals surface area contributed by atoms with Crippen LogP contribution in [0.2, 0.25) is 5.15 Å². The highest BCUT2D eigenvalue weighted by molar-refractivity contribution is 6.34. The molecule has 3 rings (SSSR count). The Morgan fingerprint density at radius 3 is 2.61 bits per heavy atom. The van der Waals surface area contributed by atoms with Crippen molar-refractivity contribution < 1.29 is 18.0 Å². The van der Waals surface area contributed by atoms with Crippen molar-refractivity contribution in [3.05, 3.63) is 34.7 Å². The highest BCUT2D eigenvalue weighted by atomic mass is 35.5. The van der Waals surface area contributed by atoms with Crippen molar-refractivity contribution >= 4 is 39.4 Å². The largest absolute Gasteiger partial charge is 0.406 e. The molecular weight excluding hydrogens is 395 g/mol. The van der Waals surface area contributed by atoms with E-state index in [1.807, 2.05) is 19.0 Å². The smallest absolute Gasteiger partial charge is 0.359 e. The SMILES string of the molecule is CNC(=O)Cc1nc(Cl)c2c(n1)c1cc(CN(C)C)ccc1n2CC(F)(F)F. The monoisotopic (exact) mass is 413 g/mol. The fraction of sp³-hybridized carbons (Fsp3) is 0.389. The minimum atomic E-state index is -4.44. The van der Waals surface area contributed by atoms with Crippen LogP contribution in [-0.2, 0) is 24.3 Å². The highest BCUT2D eigenvalue weighted by Gasteiger charge is 2.31. The number of amides is 1. The van der Waals surface area contributed by atoms with Crippen molar-refractivity contribution in [1.82, 2.24) is 24.8 Å². The number of likely N-dealkylation sites (N-methyl/N-ethyl adjacent to an activating group) is 1. The van der Waals surface area contributed by atoms with E-state index in [2.05, 4.69) is 15.3 Å². The number of nitrogens with one attached hydrogen (secondary N) is 1. The molecule has 3 aromatic rings. The summed E-state index contributed by atoms with van der Waals surface area (Å²) in [6.45, 7) is -0.594. The zero-order valence-electron chi connectivity index (χ0n) is 15.6. The van der Waals surface area contributed by atoms with Crippen molar-refractivity contribution in [3.63, 3.8) is 0 Å². The predicted molar refractivity (Wildman–Crippen MR) is 101 cm³/mol. The molecule has 1 aromatic carbocycles. The van der Waals surface area contributed by atoms with E-state index >= 15 is 0 Å². The summed E-state index contributed by atoms with van der Waals surface area (Å²) in [6, 6.07) is 5.22. The molecule has 2 heterocycles. The second-order valence-corrected chi connectivity index (χ2v) is 7.13. The van der Waals surface area contributed by atoms with Gasteiger partial charge in [0.25, 0.3) is 0 Å². The number of benzene rings is 1. The second kappa shape index (κ2) is 7.56. The van der Waals surface area contributed by atoms with Crippen LogP contribution in [-0.4, -0.2) is 52.7 Å². The topological polar surface area (TPSA) is 63.1 Å². The van der Waals surface area contributed by atoms with Crippen molar-refractivity contribution in [1.29, 1.82) is 0 Å². The summed E-state index contributed by atoms with van der Waals surface area (Å²) < 4.78 is 40.7. The molecule has 1 amide bonds. The average molecular weight is 414 g/mol. The fourth-order valence-electron chi connectivity index (χ4n) is 3.14. The number of rotatable bonds is 5. The van der Waals surface area contributed by atoms with Gasteiger partial charge in [-0.15, -0.1) is 0 Å². The average Bonchev–Trinajstić information content (AvgIpc) is 2.86. The molecule has 150 valence electrons. The Bertz CT molecular complexity index is 1050. The molecule has 0 saturated carbocycles. The molecule has 0 saturated heterocycles. The molecular formula is C18H19ClF3N5O. The third-order valence-corrected chi connectivity index (χ3v) is 4.46. The van der Waals surface area contributed by atoms with E-state index in [0.29, 0.717) is 23.0 Å². The van der Waals surface area contributed by atoms with E-state index in [1.54, 1.807) is 18.2 Å². The van der Waals surface area contributed by atoms with Gasteiger partial charge in [-0.1, -0.05) is 17.7 Å². The molecule has 0 spiro atoms. The Morgan fingerprint density at radius 1 is 1.29 bits per heavy atom. The number of nitrogens with zero attached hydrogens (tertiary/aromatic N) is 4. The van der Waals surface area contributed by atoms with Crippen LogP contribution in [0.5, 0.6) is 0 Å². The van der Waals surface area contributed by atoms with Gasteiger partial charge in [0.2, 0.25) is 5.91 Å². The van der Waals surface area contributed by atoms with Crippen LogP contribution in [0.25, 0.3) is 21.9 Å². The highest BCUT2D eigenvalue weighted by Crippen LogP contribution is 2.34. The van der Waals surface area contributed by atoms with E-state index in [9.17, 15) is 18.0 Å². The first-order valence-electron chi connectivity index (χ1n) is 8.48. The van der Waals surface area contributed by atoms with Crippen molar-refractivity contribution in [2.45, 2.75) is 25.7 Å². The predicted octanol–water partition coefficient (Wildman–Crippen LogP) is 3.15. The van der Waals surface area contributed by atoms with Crippen molar-refractivity contribution in [3.8, 4) is 0 Å². The lowest BCUT2D eigenvalue weighted by molar-refractivity contribution is -0.139. The molecule has 6 nitrogen and oxygen atoms in total. The van der Waals surface area contributed by atoms with E-state index in [-0.39, 0.29) is 28.8 Å². The zero-order chi connectivity index (χ0) is 20.6. The van der Waals surface area contributed by atoms with Crippen LogP contribution in [0.15, 0.2) is 18.2 Å². The number of carbonyl (C=O) groups excluding carboxylic acids is 1. The van der Waals surface area contributed by atoms with Crippen LogP contribution >= 0.6 is 11.6 Å². The van der Waals surface area contributed by atoms with Gasteiger partial charge in [-0.3, -0.25) is 4.79 Å². The maximum Gasteiger partial charge on any atom is 0.406 e. The quantitative estimate of drug-likeness (QED) is 0.653. The van der Waals surface area contributed by atoms with Gasteiger partial charge in [-0.25, -0.2) is 9.97 Å². The maximum atomic E-state index is 13.2. The zero-order valence-corrected chi connectivity index (χ0v) is 16.3. The summed E-state index contributed by atoms with van der Waals surface area (Å²) in [5.74, 6) is -0.163. The lowest BCUT2D eigenvalue weighted by Gasteiger charge is -2.12. The molecule has 0 unspecified atom stereocenters. The summed E-state index contributed by atoms with van der Waals surface area (Å²) in [4.78, 5) is 22.0. The number of alkyl halides is 3. The normalized spacial score (nSPS) is 12.3. The minimum Gasteiger partial charge on any atom is -0.359 e. The molecule has 0 aliphatic heterocycles. The lowest BCUT2D eigenvalue weighted by Crippen LogP contribution is -2.21. The molecule has 10 heteroatoms. The van der Waals surface area contributed by atoms with Crippen LogP contribution < -0.4 is 5.32 Å². The van der Waals surface area contributed by atoms with Crippen LogP contribution in [0.1, 0.15) is 11.4 Å². The Balaban J connectivity index is 2.29. The molecule has 28 heavy (non-hydrogen) atoms. The van der Waals surface area contributed by atoms with E-state index in [4.69, 9.17) is 11.6 Å². The van der Waals surface area contributed by atoms with Gasteiger partial charge in [0.1, 0.15) is 23.4 Å². The first-order valence-corrected chi connectivity index (χ1v) is 8.86. The number of aromatic nitrogens is 3. The summed E-state index contributed by atoms with van der Waals surface area (Å²) in [5.41, 5.74) is 1.70. The third kappa shape index (κ3) is 4.20. The first-order chi connectivity index (χ1) is 13.1. The van der Waals surface area contributed by atoms with Crippen LogP contribution in [0.4, 0.5) is 13.2 Å². The van der Waals surface area contributed by atoms with Crippen LogP contribution in [0.3, 0.4) is 0 Å². The summed E-state index contributed by atoms with van der Waals surface area (Å²) >= 11 is 6.24.